The number of amides is 2. The van der Waals surface area contributed by atoms with Crippen LogP contribution in [0.3, 0.4) is 0 Å². The molecule has 0 radical (unpaired) electrons. The van der Waals surface area contributed by atoms with Gasteiger partial charge in [-0.25, -0.2) is 0 Å². The number of halogens is 1. The maximum atomic E-state index is 13.9. The van der Waals surface area contributed by atoms with Crippen LogP contribution in [-0.2, 0) is 28.6 Å². The summed E-state index contributed by atoms with van der Waals surface area (Å²) in [6, 6.07) is -1.47. The van der Waals surface area contributed by atoms with Crippen molar-refractivity contribution in [3.63, 3.8) is 0 Å². The molecule has 0 aromatic rings. The molecule has 10 nitrogen and oxygen atoms in total. The maximum Gasteiger partial charge on any atom is 0.312 e. The first-order chi connectivity index (χ1) is 16.7. The van der Waals surface area contributed by atoms with Crippen LogP contribution in [0.1, 0.15) is 33.6 Å². The van der Waals surface area contributed by atoms with Gasteiger partial charge in [0.05, 0.1) is 50.4 Å². The van der Waals surface area contributed by atoms with Crippen LogP contribution in [-0.4, -0.2) is 114 Å². The summed E-state index contributed by atoms with van der Waals surface area (Å²) in [6.45, 7) is 9.76. The number of morpholine rings is 1. The molecule has 2 bridgehead atoms. The van der Waals surface area contributed by atoms with Crippen molar-refractivity contribution in [2.24, 2.45) is 17.8 Å². The van der Waals surface area contributed by atoms with E-state index in [1.165, 1.54) is 4.90 Å². The summed E-state index contributed by atoms with van der Waals surface area (Å²) in [6.07, 6.45) is 0.432. The van der Waals surface area contributed by atoms with Gasteiger partial charge in [-0.1, -0.05) is 29.8 Å². The molecule has 0 aliphatic carbocycles. The summed E-state index contributed by atoms with van der Waals surface area (Å²) in [5.74, 6) is -2.48. The lowest BCUT2D eigenvalue weighted by molar-refractivity contribution is -0.155. The smallest absolute Gasteiger partial charge is 0.312 e. The number of alkyl halides is 1. The number of ether oxygens (including phenoxy) is 3. The van der Waals surface area contributed by atoms with Gasteiger partial charge in [-0.15, -0.1) is 0 Å². The molecule has 0 aromatic heterocycles. The van der Waals surface area contributed by atoms with E-state index in [0.29, 0.717) is 39.1 Å². The van der Waals surface area contributed by atoms with E-state index in [1.807, 2.05) is 13.8 Å². The van der Waals surface area contributed by atoms with Gasteiger partial charge in [-0.3, -0.25) is 19.3 Å². The van der Waals surface area contributed by atoms with Crippen LogP contribution in [0.15, 0.2) is 0 Å². The van der Waals surface area contributed by atoms with Gasteiger partial charge in [-0.2, -0.15) is 0 Å². The molecular weight excluding hydrogens is 522 g/mol. The lowest BCUT2D eigenvalue weighted by Crippen LogP contribution is -2.59. The lowest BCUT2D eigenvalue weighted by atomic mass is 9.70. The number of fused-ring (bicyclic) bond motifs is 1. The Bertz CT molecular complexity index is 808. The summed E-state index contributed by atoms with van der Waals surface area (Å²) >= 11 is 3.64. The first-order valence-electron chi connectivity index (χ1n) is 12.7. The Balaban J connectivity index is 1.62. The zero-order valence-corrected chi connectivity index (χ0v) is 22.4. The molecule has 4 fully saturated rings. The minimum atomic E-state index is -1.14. The van der Waals surface area contributed by atoms with E-state index in [0.717, 1.165) is 13.1 Å². The van der Waals surface area contributed by atoms with E-state index in [2.05, 4.69) is 26.1 Å². The van der Waals surface area contributed by atoms with Gasteiger partial charge in [0.25, 0.3) is 0 Å². The molecule has 1 spiro atoms. The third-order valence-corrected chi connectivity index (χ3v) is 8.56. The molecular formula is C24H38BrN3O7. The molecule has 3 unspecified atom stereocenters. The second-order valence-corrected chi connectivity index (χ2v) is 11.5. The fourth-order valence-electron chi connectivity index (χ4n) is 6.35. The van der Waals surface area contributed by atoms with Crippen molar-refractivity contribution >= 4 is 33.7 Å². The predicted molar refractivity (Wildman–Crippen MR) is 130 cm³/mol. The van der Waals surface area contributed by atoms with Gasteiger partial charge in [-0.05, 0) is 25.7 Å². The fraction of sp³-hybridized carbons (Fsp3) is 0.875. The Labute approximate surface area is 215 Å². The number of likely N-dealkylation sites (tertiary alicyclic amines) is 1. The van der Waals surface area contributed by atoms with Crippen molar-refractivity contribution in [2.75, 3.05) is 52.6 Å². The van der Waals surface area contributed by atoms with E-state index in [9.17, 15) is 19.5 Å². The van der Waals surface area contributed by atoms with Crippen LogP contribution in [0.25, 0.3) is 0 Å². The predicted octanol–water partition coefficient (Wildman–Crippen LogP) is 0.153. The van der Waals surface area contributed by atoms with Gasteiger partial charge < -0.3 is 29.5 Å². The average molecular weight is 560 g/mol. The minimum absolute atomic E-state index is 0.178. The Morgan fingerprint density at radius 1 is 1.31 bits per heavy atom. The molecule has 7 atom stereocenters. The molecule has 198 valence electrons. The topological polar surface area (TPSA) is 118 Å². The zero-order chi connectivity index (χ0) is 25.3. The van der Waals surface area contributed by atoms with E-state index >= 15 is 0 Å². The number of aliphatic hydroxyl groups is 1. The van der Waals surface area contributed by atoms with Crippen molar-refractivity contribution in [1.29, 1.82) is 0 Å². The minimum Gasteiger partial charge on any atom is -0.466 e. The quantitative estimate of drug-likeness (QED) is 0.287. The van der Waals surface area contributed by atoms with Crippen molar-refractivity contribution < 1.29 is 33.7 Å². The second-order valence-electron chi connectivity index (χ2n) is 10.4. The Kier molecular flexibility index (Phi) is 8.42. The van der Waals surface area contributed by atoms with Crippen molar-refractivity contribution in [2.45, 2.75) is 62.2 Å². The second kappa shape index (κ2) is 11.0. The Hall–Kier alpha value is -1.27. The molecule has 4 heterocycles. The molecule has 2 N–H and O–H groups in total. The molecule has 4 aliphatic rings. The largest absolute Gasteiger partial charge is 0.466 e. The van der Waals surface area contributed by atoms with Crippen LogP contribution in [0, 0.1) is 17.8 Å². The van der Waals surface area contributed by atoms with E-state index in [4.69, 9.17) is 14.2 Å². The molecule has 11 heteroatoms. The summed E-state index contributed by atoms with van der Waals surface area (Å²) in [5, 5.41) is 13.3. The number of nitrogens with one attached hydrogen (secondary N) is 1. The standard InChI is InChI=1S/C24H38BrN3O7/c1-4-34-23(32)17-18-22(31)28(15(13-29)11-14(2)3)20(24(18)12-16(25)19(17)35-24)21(30)26-5-6-27-7-9-33-10-8-27/h14-20,29H,4-13H2,1-3H3,(H,26,30)/t15-,16?,17+,18+,19+,20?,24?/m1/s1. The average Bonchev–Trinajstić information content (AvgIpc) is 3.41. The number of esters is 1. The number of aliphatic hydroxyl groups excluding tert-OH is 1. The number of carbonyl (C=O) groups excluding carboxylic acids is 3. The highest BCUT2D eigenvalue weighted by Crippen LogP contribution is 2.60. The zero-order valence-electron chi connectivity index (χ0n) is 20.8. The van der Waals surface area contributed by atoms with Crippen LogP contribution in [0.2, 0.25) is 0 Å². The molecule has 4 aliphatic heterocycles. The molecule has 2 amide bonds. The SMILES string of the molecule is CCOC(=O)[C@H]1[C@H]2C(=O)N([C@@H](CO)CC(C)C)C(C(=O)NCCN3CCOCC3)C23CC(Br)[C@@H]1O3. The molecule has 0 aromatic carbocycles. The number of nitrogens with zero attached hydrogens (tertiary/aromatic N) is 2. The van der Waals surface area contributed by atoms with Crippen LogP contribution in [0.5, 0.6) is 0 Å². The summed E-state index contributed by atoms with van der Waals surface area (Å²) in [5.41, 5.74) is -1.14. The van der Waals surface area contributed by atoms with E-state index in [1.54, 1.807) is 6.92 Å². The van der Waals surface area contributed by atoms with Crippen LogP contribution < -0.4 is 5.32 Å². The highest BCUT2D eigenvalue weighted by molar-refractivity contribution is 9.09. The highest BCUT2D eigenvalue weighted by atomic mass is 79.9. The molecule has 4 rings (SSSR count). The number of hydrogen-bond acceptors (Lipinski definition) is 8. The first-order valence-corrected chi connectivity index (χ1v) is 13.7. The van der Waals surface area contributed by atoms with Gasteiger partial charge in [0.1, 0.15) is 11.6 Å². The Morgan fingerprint density at radius 3 is 2.66 bits per heavy atom. The highest BCUT2D eigenvalue weighted by Gasteiger charge is 2.77. The number of carbonyl (C=O) groups is 3. The third kappa shape index (κ3) is 4.86. The van der Waals surface area contributed by atoms with Crippen LogP contribution in [0.4, 0.5) is 0 Å². The summed E-state index contributed by atoms with van der Waals surface area (Å²) in [7, 11) is 0. The molecule has 35 heavy (non-hydrogen) atoms. The van der Waals surface area contributed by atoms with Gasteiger partial charge in [0, 0.05) is 31.0 Å². The van der Waals surface area contributed by atoms with E-state index in [-0.39, 0.29) is 35.8 Å². The summed E-state index contributed by atoms with van der Waals surface area (Å²) in [4.78, 5) is 44.2. The van der Waals surface area contributed by atoms with Crippen molar-refractivity contribution in [1.82, 2.24) is 15.1 Å². The van der Waals surface area contributed by atoms with Crippen LogP contribution >= 0.6 is 15.9 Å². The third-order valence-electron chi connectivity index (χ3n) is 7.71. The van der Waals surface area contributed by atoms with Gasteiger partial charge in [0.15, 0.2) is 0 Å². The van der Waals surface area contributed by atoms with Gasteiger partial charge >= 0.3 is 5.97 Å². The lowest BCUT2D eigenvalue weighted by Gasteiger charge is -2.37. The normalized spacial score (nSPS) is 35.4. The first kappa shape index (κ1) is 26.8. The van der Waals surface area contributed by atoms with Crippen molar-refractivity contribution in [3.05, 3.63) is 0 Å². The Morgan fingerprint density at radius 2 is 2.03 bits per heavy atom. The molecule has 4 saturated heterocycles. The molecule has 0 saturated carbocycles. The monoisotopic (exact) mass is 559 g/mol. The summed E-state index contributed by atoms with van der Waals surface area (Å²) < 4.78 is 17.1. The van der Waals surface area contributed by atoms with E-state index < -0.39 is 41.6 Å². The fourth-order valence-corrected chi connectivity index (χ4v) is 7.29. The van der Waals surface area contributed by atoms with Crippen molar-refractivity contribution in [3.8, 4) is 0 Å². The number of rotatable bonds is 10. The van der Waals surface area contributed by atoms with Gasteiger partial charge in [0.2, 0.25) is 11.8 Å². The maximum absolute atomic E-state index is 13.9. The number of hydrogen-bond donors (Lipinski definition) is 2.